The molecule has 19 heavy (non-hydrogen) atoms. The average molecular weight is 283 g/mol. The van der Waals surface area contributed by atoms with Gasteiger partial charge in [-0.15, -0.1) is 0 Å². The van der Waals surface area contributed by atoms with E-state index in [2.05, 4.69) is 0 Å². The first-order valence-electron chi connectivity index (χ1n) is 6.53. The van der Waals surface area contributed by atoms with Crippen molar-refractivity contribution in [1.29, 1.82) is 0 Å². The lowest BCUT2D eigenvalue weighted by atomic mass is 9.87. The number of sulfone groups is 1. The first-order valence-corrected chi connectivity index (χ1v) is 8.14. The Morgan fingerprint density at radius 3 is 2.63 bits per heavy atom. The second kappa shape index (κ2) is 5.13. The maximum Gasteiger partial charge on any atom is 0.157 e. The second-order valence-electron chi connectivity index (χ2n) is 5.31. The largest absolute Gasteiger partial charge is 0.497 e. The number of nitrogens with two attached hydrogens (primary N) is 1. The van der Waals surface area contributed by atoms with Gasteiger partial charge in [-0.25, -0.2) is 8.42 Å². The van der Waals surface area contributed by atoms with Crippen LogP contribution in [-0.4, -0.2) is 26.0 Å². The van der Waals surface area contributed by atoms with Crippen LogP contribution in [0.2, 0.25) is 0 Å². The smallest absolute Gasteiger partial charge is 0.157 e. The molecule has 5 heteroatoms. The van der Waals surface area contributed by atoms with Crippen LogP contribution < -0.4 is 10.5 Å². The van der Waals surface area contributed by atoms with Crippen molar-refractivity contribution in [2.75, 3.05) is 7.11 Å². The van der Waals surface area contributed by atoms with E-state index in [0.717, 1.165) is 23.3 Å². The molecular formula is C14H21NO3S. The van der Waals surface area contributed by atoms with Crippen molar-refractivity contribution >= 4 is 9.84 Å². The lowest BCUT2D eigenvalue weighted by Gasteiger charge is -2.32. The minimum absolute atomic E-state index is 0.386. The number of fused-ring (bicyclic) bond motifs is 1. The fourth-order valence-corrected chi connectivity index (χ4v) is 4.35. The average Bonchev–Trinajstić information content (AvgIpc) is 2.38. The number of ether oxygens (including phenoxy) is 1. The van der Waals surface area contributed by atoms with Gasteiger partial charge in [-0.3, -0.25) is 0 Å². The van der Waals surface area contributed by atoms with E-state index in [0.29, 0.717) is 6.42 Å². The Kier molecular flexibility index (Phi) is 3.87. The summed E-state index contributed by atoms with van der Waals surface area (Å²) < 4.78 is 29.8. The SMILES string of the molecule is COc1ccc2c(c1)CCC(S(=O)(=O)C(C)C)C2N. The van der Waals surface area contributed by atoms with Crippen LogP contribution in [0.3, 0.4) is 0 Å². The van der Waals surface area contributed by atoms with E-state index in [-0.39, 0.29) is 5.25 Å². The van der Waals surface area contributed by atoms with Crippen molar-refractivity contribution < 1.29 is 13.2 Å². The first kappa shape index (κ1) is 14.3. The molecule has 2 rings (SSSR count). The molecule has 0 radical (unpaired) electrons. The summed E-state index contributed by atoms with van der Waals surface area (Å²) in [5.74, 6) is 0.788. The van der Waals surface area contributed by atoms with E-state index in [1.165, 1.54) is 0 Å². The lowest BCUT2D eigenvalue weighted by molar-refractivity contribution is 0.413. The quantitative estimate of drug-likeness (QED) is 0.919. The monoisotopic (exact) mass is 283 g/mol. The Balaban J connectivity index is 2.38. The summed E-state index contributed by atoms with van der Waals surface area (Å²) in [7, 11) is -1.54. The zero-order valence-corrected chi connectivity index (χ0v) is 12.4. The van der Waals surface area contributed by atoms with Gasteiger partial charge in [0.05, 0.1) is 17.6 Å². The van der Waals surface area contributed by atoms with Gasteiger partial charge < -0.3 is 10.5 Å². The van der Waals surface area contributed by atoms with Crippen molar-refractivity contribution in [3.63, 3.8) is 0 Å². The maximum absolute atomic E-state index is 12.3. The minimum Gasteiger partial charge on any atom is -0.497 e. The Morgan fingerprint density at radius 1 is 1.37 bits per heavy atom. The molecule has 1 aliphatic rings. The van der Waals surface area contributed by atoms with Gasteiger partial charge in [0.25, 0.3) is 0 Å². The molecule has 2 unspecified atom stereocenters. The van der Waals surface area contributed by atoms with E-state index < -0.39 is 21.1 Å². The highest BCUT2D eigenvalue weighted by molar-refractivity contribution is 7.92. The molecular weight excluding hydrogens is 262 g/mol. The van der Waals surface area contributed by atoms with E-state index in [1.54, 1.807) is 21.0 Å². The van der Waals surface area contributed by atoms with Gasteiger partial charge in [-0.05, 0) is 49.9 Å². The standard InChI is InChI=1S/C14H21NO3S/c1-9(2)19(16,17)13-7-4-10-8-11(18-3)5-6-12(10)14(13)15/h5-6,8-9,13-14H,4,7,15H2,1-3H3. The third kappa shape index (κ3) is 2.49. The second-order valence-corrected chi connectivity index (χ2v) is 8.03. The minimum atomic E-state index is -3.16. The molecule has 0 bridgehead atoms. The highest BCUT2D eigenvalue weighted by Crippen LogP contribution is 2.35. The summed E-state index contributed by atoms with van der Waals surface area (Å²) in [6.45, 7) is 3.43. The van der Waals surface area contributed by atoms with Gasteiger partial charge >= 0.3 is 0 Å². The zero-order chi connectivity index (χ0) is 14.2. The molecule has 1 aromatic rings. The third-order valence-electron chi connectivity index (χ3n) is 3.89. The fourth-order valence-electron chi connectivity index (χ4n) is 2.65. The highest BCUT2D eigenvalue weighted by Gasteiger charge is 2.37. The van der Waals surface area contributed by atoms with Gasteiger partial charge in [0.15, 0.2) is 9.84 Å². The first-order chi connectivity index (χ1) is 8.87. The number of rotatable bonds is 3. The molecule has 1 aliphatic carbocycles. The Hall–Kier alpha value is -1.07. The molecule has 106 valence electrons. The lowest BCUT2D eigenvalue weighted by Crippen LogP contribution is -2.40. The van der Waals surface area contributed by atoms with Gasteiger partial charge in [-0.1, -0.05) is 6.07 Å². The normalized spacial score (nSPS) is 23.2. The third-order valence-corrected chi connectivity index (χ3v) is 6.57. The maximum atomic E-state index is 12.3. The molecule has 0 heterocycles. The number of hydrogen-bond acceptors (Lipinski definition) is 4. The van der Waals surface area contributed by atoms with E-state index >= 15 is 0 Å². The summed E-state index contributed by atoms with van der Waals surface area (Å²) >= 11 is 0. The van der Waals surface area contributed by atoms with Crippen LogP contribution in [0.4, 0.5) is 0 Å². The molecule has 2 N–H and O–H groups in total. The molecule has 0 saturated heterocycles. The highest BCUT2D eigenvalue weighted by atomic mass is 32.2. The summed E-state index contributed by atoms with van der Waals surface area (Å²) in [5.41, 5.74) is 8.22. The van der Waals surface area contributed by atoms with Crippen molar-refractivity contribution in [3.8, 4) is 5.75 Å². The molecule has 0 saturated carbocycles. The van der Waals surface area contributed by atoms with Gasteiger partial charge in [-0.2, -0.15) is 0 Å². The Labute approximate surface area is 114 Å². The van der Waals surface area contributed by atoms with Crippen LogP contribution in [-0.2, 0) is 16.3 Å². The molecule has 0 amide bonds. The van der Waals surface area contributed by atoms with E-state index in [4.69, 9.17) is 10.5 Å². The van der Waals surface area contributed by atoms with Crippen LogP contribution in [0.15, 0.2) is 18.2 Å². The molecule has 0 spiro atoms. The number of hydrogen-bond donors (Lipinski definition) is 1. The van der Waals surface area contributed by atoms with Crippen molar-refractivity contribution in [2.24, 2.45) is 5.73 Å². The van der Waals surface area contributed by atoms with Crippen LogP contribution in [0.1, 0.15) is 37.4 Å². The molecule has 0 fully saturated rings. The zero-order valence-electron chi connectivity index (χ0n) is 11.6. The molecule has 0 aromatic heterocycles. The van der Waals surface area contributed by atoms with Crippen molar-refractivity contribution in [1.82, 2.24) is 0 Å². The van der Waals surface area contributed by atoms with E-state index in [1.807, 2.05) is 18.2 Å². The number of benzene rings is 1. The molecule has 1 aromatic carbocycles. The fraction of sp³-hybridized carbons (Fsp3) is 0.571. The Morgan fingerprint density at radius 2 is 2.05 bits per heavy atom. The van der Waals surface area contributed by atoms with Gasteiger partial charge in [0, 0.05) is 6.04 Å². The Bertz CT molecular complexity index is 566. The topological polar surface area (TPSA) is 69.4 Å². The summed E-state index contributed by atoms with van der Waals surface area (Å²) in [6, 6.07) is 5.24. The van der Waals surface area contributed by atoms with E-state index in [9.17, 15) is 8.42 Å². The molecule has 0 aliphatic heterocycles. The van der Waals surface area contributed by atoms with Crippen LogP contribution >= 0.6 is 0 Å². The summed E-state index contributed by atoms with van der Waals surface area (Å²) in [6.07, 6.45) is 1.32. The van der Waals surface area contributed by atoms with Crippen LogP contribution in [0.5, 0.6) is 5.75 Å². The van der Waals surface area contributed by atoms with Crippen molar-refractivity contribution in [2.45, 2.75) is 43.2 Å². The van der Waals surface area contributed by atoms with Gasteiger partial charge in [0.1, 0.15) is 5.75 Å². The van der Waals surface area contributed by atoms with Crippen LogP contribution in [0, 0.1) is 0 Å². The number of methoxy groups -OCH3 is 1. The predicted octanol–water partition coefficient (Wildman–Crippen LogP) is 1.83. The predicted molar refractivity (Wildman–Crippen MR) is 76.1 cm³/mol. The van der Waals surface area contributed by atoms with Gasteiger partial charge in [0.2, 0.25) is 0 Å². The molecule has 4 nitrogen and oxygen atoms in total. The summed E-state index contributed by atoms with van der Waals surface area (Å²) in [4.78, 5) is 0. The van der Waals surface area contributed by atoms with Crippen LogP contribution in [0.25, 0.3) is 0 Å². The van der Waals surface area contributed by atoms with Crippen molar-refractivity contribution in [3.05, 3.63) is 29.3 Å². The number of aryl methyl sites for hydroxylation is 1. The summed E-state index contributed by atoms with van der Waals surface area (Å²) in [5, 5.41) is -0.864. The molecule has 2 atom stereocenters.